The Hall–Kier alpha value is -1.07. The molecule has 0 saturated carbocycles. The molecule has 0 fully saturated rings. The van der Waals surface area contributed by atoms with Crippen LogP contribution in [0.3, 0.4) is 0 Å². The van der Waals surface area contributed by atoms with Crippen molar-refractivity contribution in [3.8, 4) is 0 Å². The van der Waals surface area contributed by atoms with Crippen LogP contribution in [-0.4, -0.2) is 24.2 Å². The zero-order valence-electron chi connectivity index (χ0n) is 10.3. The van der Waals surface area contributed by atoms with Gasteiger partial charge in [-0.1, -0.05) is 13.8 Å². The molecule has 5 heteroatoms. The molecule has 4 N–H and O–H groups in total. The number of carbonyl (C=O) groups is 1. The summed E-state index contributed by atoms with van der Waals surface area (Å²) in [6.45, 7) is 4.60. The van der Waals surface area contributed by atoms with Gasteiger partial charge in [0.1, 0.15) is 4.88 Å². The zero-order chi connectivity index (χ0) is 12.9. The molecule has 0 saturated heterocycles. The van der Waals surface area contributed by atoms with E-state index in [0.29, 0.717) is 17.1 Å². The first kappa shape index (κ1) is 14.0. The van der Waals surface area contributed by atoms with E-state index in [4.69, 9.17) is 5.73 Å². The molecule has 0 bridgehead atoms. The van der Waals surface area contributed by atoms with E-state index in [0.717, 1.165) is 12.8 Å². The number of aliphatic hydroxyl groups excluding tert-OH is 1. The van der Waals surface area contributed by atoms with Crippen molar-refractivity contribution in [2.24, 2.45) is 5.41 Å². The third kappa shape index (κ3) is 3.20. The second kappa shape index (κ2) is 6.02. The molecule has 1 amide bonds. The molecule has 1 rings (SSSR count). The molecular formula is C12H20N2O2S. The maximum absolute atomic E-state index is 11.9. The average Bonchev–Trinajstić information content (AvgIpc) is 2.78. The Morgan fingerprint density at radius 1 is 1.53 bits per heavy atom. The Labute approximate surface area is 106 Å². The SMILES string of the molecule is CCC(CC)(CO)CNC(=O)c1sccc1N. The van der Waals surface area contributed by atoms with E-state index in [1.54, 1.807) is 11.4 Å². The second-order valence-electron chi connectivity index (χ2n) is 4.25. The highest BCUT2D eigenvalue weighted by Crippen LogP contribution is 2.25. The Bertz CT molecular complexity index is 364. The predicted octanol–water partition coefficient (Wildman–Crippen LogP) is 1.86. The number of hydrogen-bond acceptors (Lipinski definition) is 4. The van der Waals surface area contributed by atoms with Crippen molar-refractivity contribution in [2.45, 2.75) is 26.7 Å². The molecule has 0 unspecified atom stereocenters. The van der Waals surface area contributed by atoms with E-state index in [2.05, 4.69) is 5.32 Å². The molecule has 17 heavy (non-hydrogen) atoms. The van der Waals surface area contributed by atoms with E-state index in [-0.39, 0.29) is 17.9 Å². The van der Waals surface area contributed by atoms with Crippen molar-refractivity contribution >= 4 is 22.9 Å². The molecule has 0 aliphatic heterocycles. The largest absolute Gasteiger partial charge is 0.397 e. The highest BCUT2D eigenvalue weighted by molar-refractivity contribution is 7.12. The molecule has 1 aromatic heterocycles. The van der Waals surface area contributed by atoms with E-state index in [1.165, 1.54) is 11.3 Å². The molecule has 1 heterocycles. The van der Waals surface area contributed by atoms with Crippen LogP contribution in [0.5, 0.6) is 0 Å². The van der Waals surface area contributed by atoms with Crippen LogP contribution in [0.1, 0.15) is 36.4 Å². The lowest BCUT2D eigenvalue weighted by atomic mass is 9.83. The average molecular weight is 256 g/mol. The fraction of sp³-hybridized carbons (Fsp3) is 0.583. The molecule has 1 aromatic rings. The van der Waals surface area contributed by atoms with Gasteiger partial charge in [0, 0.05) is 12.0 Å². The molecule has 0 aliphatic carbocycles. The molecule has 0 radical (unpaired) electrons. The number of aliphatic hydroxyl groups is 1. The number of hydrogen-bond donors (Lipinski definition) is 3. The standard InChI is InChI=1S/C12H20N2O2S/c1-3-12(4-2,8-15)7-14-11(16)10-9(13)5-6-17-10/h5-6,15H,3-4,7-8,13H2,1-2H3,(H,14,16). The van der Waals surface area contributed by atoms with Crippen LogP contribution in [0.4, 0.5) is 5.69 Å². The fourth-order valence-electron chi connectivity index (χ4n) is 1.63. The lowest BCUT2D eigenvalue weighted by Crippen LogP contribution is -2.39. The van der Waals surface area contributed by atoms with Crippen molar-refractivity contribution in [2.75, 3.05) is 18.9 Å². The van der Waals surface area contributed by atoms with Crippen molar-refractivity contribution in [3.63, 3.8) is 0 Å². The number of amides is 1. The Morgan fingerprint density at radius 3 is 2.59 bits per heavy atom. The third-order valence-electron chi connectivity index (χ3n) is 3.36. The summed E-state index contributed by atoms with van der Waals surface area (Å²) in [6, 6.07) is 1.72. The monoisotopic (exact) mass is 256 g/mol. The van der Waals surface area contributed by atoms with Crippen LogP contribution in [-0.2, 0) is 0 Å². The quantitative estimate of drug-likeness (QED) is 0.727. The van der Waals surface area contributed by atoms with Crippen LogP contribution < -0.4 is 11.1 Å². The minimum Gasteiger partial charge on any atom is -0.397 e. The smallest absolute Gasteiger partial charge is 0.263 e. The van der Waals surface area contributed by atoms with Gasteiger partial charge in [0.15, 0.2) is 0 Å². The van der Waals surface area contributed by atoms with Crippen molar-refractivity contribution in [1.29, 1.82) is 0 Å². The summed E-state index contributed by atoms with van der Waals surface area (Å²) in [7, 11) is 0. The van der Waals surface area contributed by atoms with Gasteiger partial charge in [0.05, 0.1) is 12.3 Å². The highest BCUT2D eigenvalue weighted by Gasteiger charge is 2.26. The number of nitrogen functional groups attached to an aromatic ring is 1. The van der Waals surface area contributed by atoms with Crippen LogP contribution >= 0.6 is 11.3 Å². The molecule has 0 aliphatic rings. The number of thiophene rings is 1. The summed E-state index contributed by atoms with van der Waals surface area (Å²) < 4.78 is 0. The van der Waals surface area contributed by atoms with Gasteiger partial charge in [-0.25, -0.2) is 0 Å². The summed E-state index contributed by atoms with van der Waals surface area (Å²) in [5, 5.41) is 14.0. The zero-order valence-corrected chi connectivity index (χ0v) is 11.1. The minimum atomic E-state index is -0.221. The van der Waals surface area contributed by atoms with Gasteiger partial charge in [0.2, 0.25) is 0 Å². The van der Waals surface area contributed by atoms with Crippen molar-refractivity contribution in [1.82, 2.24) is 5.32 Å². The molecule has 96 valence electrons. The van der Waals surface area contributed by atoms with Crippen LogP contribution in [0.25, 0.3) is 0 Å². The van der Waals surface area contributed by atoms with Gasteiger partial charge >= 0.3 is 0 Å². The van der Waals surface area contributed by atoms with Gasteiger partial charge in [-0.3, -0.25) is 4.79 Å². The molecule has 0 atom stereocenters. The van der Waals surface area contributed by atoms with Gasteiger partial charge in [-0.2, -0.15) is 0 Å². The summed E-state index contributed by atoms with van der Waals surface area (Å²) in [5.74, 6) is -0.155. The maximum atomic E-state index is 11.9. The second-order valence-corrected chi connectivity index (χ2v) is 5.17. The molecule has 4 nitrogen and oxygen atoms in total. The maximum Gasteiger partial charge on any atom is 0.263 e. The van der Waals surface area contributed by atoms with E-state index >= 15 is 0 Å². The third-order valence-corrected chi connectivity index (χ3v) is 4.29. The first-order chi connectivity index (χ1) is 8.08. The molecular weight excluding hydrogens is 236 g/mol. The van der Waals surface area contributed by atoms with Gasteiger partial charge in [-0.15, -0.1) is 11.3 Å². The fourth-order valence-corrected chi connectivity index (χ4v) is 2.37. The van der Waals surface area contributed by atoms with E-state index in [9.17, 15) is 9.90 Å². The molecule has 0 spiro atoms. The number of rotatable bonds is 6. The van der Waals surface area contributed by atoms with Crippen LogP contribution in [0.2, 0.25) is 0 Å². The van der Waals surface area contributed by atoms with Gasteiger partial charge in [-0.05, 0) is 24.3 Å². The number of nitrogens with one attached hydrogen (secondary N) is 1. The summed E-state index contributed by atoms with van der Waals surface area (Å²) in [6.07, 6.45) is 1.67. The van der Waals surface area contributed by atoms with E-state index < -0.39 is 0 Å². The van der Waals surface area contributed by atoms with Crippen LogP contribution in [0, 0.1) is 5.41 Å². The van der Waals surface area contributed by atoms with Gasteiger partial charge < -0.3 is 16.2 Å². The van der Waals surface area contributed by atoms with Gasteiger partial charge in [0.25, 0.3) is 5.91 Å². The minimum absolute atomic E-state index is 0.0835. The first-order valence-electron chi connectivity index (χ1n) is 5.80. The van der Waals surface area contributed by atoms with E-state index in [1.807, 2.05) is 13.8 Å². The Balaban J connectivity index is 2.62. The lowest BCUT2D eigenvalue weighted by molar-refractivity contribution is 0.0855. The number of nitrogens with two attached hydrogens (primary N) is 1. The summed E-state index contributed by atoms with van der Waals surface area (Å²) in [5.41, 5.74) is 5.97. The van der Waals surface area contributed by atoms with Crippen molar-refractivity contribution in [3.05, 3.63) is 16.3 Å². The number of carbonyl (C=O) groups excluding carboxylic acids is 1. The summed E-state index contributed by atoms with van der Waals surface area (Å²) in [4.78, 5) is 12.4. The topological polar surface area (TPSA) is 75.3 Å². The Morgan fingerprint density at radius 2 is 2.18 bits per heavy atom. The number of anilines is 1. The Kier molecular flexibility index (Phi) is 4.96. The lowest BCUT2D eigenvalue weighted by Gasteiger charge is -2.29. The van der Waals surface area contributed by atoms with Crippen LogP contribution in [0.15, 0.2) is 11.4 Å². The predicted molar refractivity (Wildman–Crippen MR) is 71.2 cm³/mol. The molecule has 0 aromatic carbocycles. The van der Waals surface area contributed by atoms with Crippen molar-refractivity contribution < 1.29 is 9.90 Å². The summed E-state index contributed by atoms with van der Waals surface area (Å²) >= 11 is 1.33. The highest BCUT2D eigenvalue weighted by atomic mass is 32.1. The normalized spacial score (nSPS) is 11.5. The first-order valence-corrected chi connectivity index (χ1v) is 6.68.